The molecule has 0 fully saturated rings. The minimum atomic E-state index is -0.109. The summed E-state index contributed by atoms with van der Waals surface area (Å²) in [7, 11) is 0. The number of rotatable bonds is 2. The zero-order valence-electron chi connectivity index (χ0n) is 10.1. The molecule has 0 aromatic carbocycles. The van der Waals surface area contributed by atoms with E-state index in [-0.39, 0.29) is 23.2 Å². The first-order valence-corrected chi connectivity index (χ1v) is 4.97. The van der Waals surface area contributed by atoms with Crippen LogP contribution in [0.1, 0.15) is 48.5 Å². The van der Waals surface area contributed by atoms with Crippen molar-refractivity contribution in [3.63, 3.8) is 0 Å². The summed E-state index contributed by atoms with van der Waals surface area (Å²) in [4.78, 5) is 0. The molecule has 2 N–H and O–H groups in total. The van der Waals surface area contributed by atoms with Gasteiger partial charge in [0.2, 0.25) is 0 Å². The Morgan fingerprint density at radius 2 is 1.38 bits per heavy atom. The van der Waals surface area contributed by atoms with Crippen LogP contribution in [0.15, 0.2) is 0 Å². The highest BCUT2D eigenvalue weighted by Gasteiger charge is 2.29. The molecule has 0 bridgehead atoms. The summed E-state index contributed by atoms with van der Waals surface area (Å²) in [6.45, 7) is 14.6. The molecular weight excluding hydrogens is 162 g/mol. The molecule has 0 spiro atoms. The van der Waals surface area contributed by atoms with Crippen molar-refractivity contribution in [2.75, 3.05) is 0 Å². The van der Waals surface area contributed by atoms with Crippen molar-refractivity contribution in [1.29, 1.82) is 0 Å². The van der Waals surface area contributed by atoms with Crippen LogP contribution in [-0.2, 0) is 4.74 Å². The third-order valence-corrected chi connectivity index (χ3v) is 2.05. The lowest BCUT2D eigenvalue weighted by Crippen LogP contribution is -2.47. The molecule has 0 aliphatic carbocycles. The number of nitrogens with two attached hydrogens (primary N) is 1. The Bertz CT molecular complexity index is 152. The molecule has 2 heteroatoms. The second kappa shape index (κ2) is 3.97. The van der Waals surface area contributed by atoms with Crippen molar-refractivity contribution in [3.05, 3.63) is 0 Å². The summed E-state index contributed by atoms with van der Waals surface area (Å²) in [5, 5.41) is 0. The quantitative estimate of drug-likeness (QED) is 0.721. The Balaban J connectivity index is 4.20. The zero-order chi connectivity index (χ0) is 10.9. The number of ether oxygens (including phenoxy) is 1. The maximum Gasteiger partial charge on any atom is 0.0710 e. The molecule has 0 aliphatic rings. The van der Waals surface area contributed by atoms with E-state index in [9.17, 15) is 0 Å². The summed E-state index contributed by atoms with van der Waals surface area (Å²) < 4.78 is 5.80. The predicted molar refractivity (Wildman–Crippen MR) is 57.7 cm³/mol. The zero-order valence-corrected chi connectivity index (χ0v) is 10.1. The lowest BCUT2D eigenvalue weighted by molar-refractivity contribution is -0.0747. The third-order valence-electron chi connectivity index (χ3n) is 2.05. The topological polar surface area (TPSA) is 35.2 Å². The van der Waals surface area contributed by atoms with Crippen LogP contribution in [0.5, 0.6) is 0 Å². The highest BCUT2D eigenvalue weighted by molar-refractivity contribution is 4.83. The van der Waals surface area contributed by atoms with Gasteiger partial charge in [0.25, 0.3) is 0 Å². The van der Waals surface area contributed by atoms with Gasteiger partial charge in [0.15, 0.2) is 0 Å². The van der Waals surface area contributed by atoms with E-state index < -0.39 is 0 Å². The van der Waals surface area contributed by atoms with Gasteiger partial charge in [0, 0.05) is 6.04 Å². The van der Waals surface area contributed by atoms with Crippen molar-refractivity contribution in [1.82, 2.24) is 0 Å². The van der Waals surface area contributed by atoms with E-state index in [1.807, 2.05) is 6.92 Å². The van der Waals surface area contributed by atoms with Crippen LogP contribution in [0.3, 0.4) is 0 Å². The molecular formula is C11H25NO. The summed E-state index contributed by atoms with van der Waals surface area (Å²) >= 11 is 0. The largest absolute Gasteiger partial charge is 0.371 e. The SMILES string of the molecule is CC(OC(C)(C)C)C(N)C(C)(C)C. The molecule has 0 heterocycles. The fraction of sp³-hybridized carbons (Fsp3) is 1.00. The lowest BCUT2D eigenvalue weighted by atomic mass is 9.84. The smallest absolute Gasteiger partial charge is 0.0710 e. The summed E-state index contributed by atoms with van der Waals surface area (Å²) in [6, 6.07) is 0.0757. The predicted octanol–water partition coefficient (Wildman–Crippen LogP) is 2.56. The minimum Gasteiger partial charge on any atom is -0.371 e. The van der Waals surface area contributed by atoms with Crippen LogP contribution in [-0.4, -0.2) is 17.7 Å². The second-order valence-corrected chi connectivity index (χ2v) is 5.83. The van der Waals surface area contributed by atoms with E-state index in [1.165, 1.54) is 0 Å². The molecule has 80 valence electrons. The van der Waals surface area contributed by atoms with Crippen LogP contribution in [0, 0.1) is 5.41 Å². The Morgan fingerprint density at radius 3 is 1.62 bits per heavy atom. The molecule has 0 amide bonds. The van der Waals surface area contributed by atoms with Gasteiger partial charge in [-0.1, -0.05) is 20.8 Å². The Labute approximate surface area is 82.8 Å². The molecule has 2 atom stereocenters. The molecule has 2 nitrogen and oxygen atoms in total. The second-order valence-electron chi connectivity index (χ2n) is 5.83. The molecule has 2 unspecified atom stereocenters. The summed E-state index contributed by atoms with van der Waals surface area (Å²) in [5.74, 6) is 0. The van der Waals surface area contributed by atoms with Gasteiger partial charge in [0.1, 0.15) is 0 Å². The average molecular weight is 187 g/mol. The molecule has 0 radical (unpaired) electrons. The van der Waals surface area contributed by atoms with Gasteiger partial charge >= 0.3 is 0 Å². The third kappa shape index (κ3) is 5.27. The average Bonchev–Trinajstić information content (AvgIpc) is 1.79. The summed E-state index contributed by atoms with van der Waals surface area (Å²) in [6.07, 6.45) is 0.0972. The van der Waals surface area contributed by atoms with Gasteiger partial charge in [-0.2, -0.15) is 0 Å². The van der Waals surface area contributed by atoms with E-state index in [1.54, 1.807) is 0 Å². The van der Waals surface area contributed by atoms with Crippen LogP contribution in [0.2, 0.25) is 0 Å². The maximum atomic E-state index is 6.08. The highest BCUT2D eigenvalue weighted by Crippen LogP contribution is 2.23. The molecule has 0 rings (SSSR count). The van der Waals surface area contributed by atoms with Gasteiger partial charge < -0.3 is 10.5 Å². The van der Waals surface area contributed by atoms with Crippen molar-refractivity contribution in [2.45, 2.75) is 66.2 Å². The van der Waals surface area contributed by atoms with Gasteiger partial charge in [-0.25, -0.2) is 0 Å². The Morgan fingerprint density at radius 1 is 1.00 bits per heavy atom. The van der Waals surface area contributed by atoms with Gasteiger partial charge in [-0.05, 0) is 33.1 Å². The number of hydrogen-bond donors (Lipinski definition) is 1. The van der Waals surface area contributed by atoms with E-state index in [2.05, 4.69) is 41.5 Å². The normalized spacial score (nSPS) is 18.5. The molecule has 0 aromatic heterocycles. The van der Waals surface area contributed by atoms with E-state index >= 15 is 0 Å². The molecule has 0 saturated carbocycles. The first-order valence-electron chi connectivity index (χ1n) is 4.97. The highest BCUT2D eigenvalue weighted by atomic mass is 16.5. The fourth-order valence-electron chi connectivity index (χ4n) is 1.34. The lowest BCUT2D eigenvalue weighted by Gasteiger charge is -2.35. The first kappa shape index (κ1) is 12.9. The van der Waals surface area contributed by atoms with E-state index in [0.29, 0.717) is 0 Å². The van der Waals surface area contributed by atoms with Crippen LogP contribution < -0.4 is 5.73 Å². The van der Waals surface area contributed by atoms with E-state index in [4.69, 9.17) is 10.5 Å². The van der Waals surface area contributed by atoms with Crippen molar-refractivity contribution >= 4 is 0 Å². The summed E-state index contributed by atoms with van der Waals surface area (Å²) in [5.41, 5.74) is 6.07. The minimum absolute atomic E-state index is 0.0757. The standard InChI is InChI=1S/C11H25NO/c1-8(13-11(5,6)7)9(12)10(2,3)4/h8-9H,12H2,1-7H3. The van der Waals surface area contributed by atoms with Crippen LogP contribution in [0.4, 0.5) is 0 Å². The molecule has 0 aliphatic heterocycles. The first-order chi connectivity index (χ1) is 5.54. The van der Waals surface area contributed by atoms with Crippen LogP contribution in [0.25, 0.3) is 0 Å². The van der Waals surface area contributed by atoms with Crippen LogP contribution >= 0.6 is 0 Å². The Kier molecular flexibility index (Phi) is 3.95. The van der Waals surface area contributed by atoms with E-state index in [0.717, 1.165) is 0 Å². The van der Waals surface area contributed by atoms with Gasteiger partial charge in [0.05, 0.1) is 11.7 Å². The molecule has 13 heavy (non-hydrogen) atoms. The maximum absolute atomic E-state index is 6.08. The van der Waals surface area contributed by atoms with Crippen molar-refractivity contribution < 1.29 is 4.74 Å². The molecule has 0 saturated heterocycles. The fourth-order valence-corrected chi connectivity index (χ4v) is 1.34. The number of hydrogen-bond acceptors (Lipinski definition) is 2. The van der Waals surface area contributed by atoms with Gasteiger partial charge in [-0.15, -0.1) is 0 Å². The Hall–Kier alpha value is -0.0800. The van der Waals surface area contributed by atoms with Crippen molar-refractivity contribution in [2.24, 2.45) is 11.1 Å². The monoisotopic (exact) mass is 187 g/mol. The van der Waals surface area contributed by atoms with Gasteiger partial charge in [-0.3, -0.25) is 0 Å². The molecule has 0 aromatic rings. The van der Waals surface area contributed by atoms with Crippen molar-refractivity contribution in [3.8, 4) is 0 Å².